The summed E-state index contributed by atoms with van der Waals surface area (Å²) in [6.45, 7) is 1.79. The van der Waals surface area contributed by atoms with Gasteiger partial charge in [0.05, 0.1) is 0 Å². The summed E-state index contributed by atoms with van der Waals surface area (Å²) < 4.78 is 0. The molecule has 0 aromatic carbocycles. The van der Waals surface area contributed by atoms with Gasteiger partial charge >= 0.3 is 0 Å². The molecule has 4 heteroatoms. The Hall–Kier alpha value is 0.0200. The maximum Gasteiger partial charge on any atom is 0.135 e. The molecule has 0 radical (unpaired) electrons. The van der Waals surface area contributed by atoms with Gasteiger partial charge in [0.25, 0.3) is 0 Å². The summed E-state index contributed by atoms with van der Waals surface area (Å²) in [5, 5.41) is 1.23. The van der Waals surface area contributed by atoms with Crippen molar-refractivity contribution in [1.82, 2.24) is 4.98 Å². The predicted molar refractivity (Wildman–Crippen MR) is 44.0 cm³/mol. The van der Waals surface area contributed by atoms with Crippen molar-refractivity contribution in [3.8, 4) is 0 Å². The first kappa shape index (κ1) is 8.12. The van der Waals surface area contributed by atoms with Gasteiger partial charge in [-0.3, -0.25) is 0 Å². The summed E-state index contributed by atoms with van der Waals surface area (Å²) in [6, 6.07) is 1.56. The summed E-state index contributed by atoms with van der Waals surface area (Å²) in [4.78, 5) is 3.78. The zero-order valence-corrected chi connectivity index (χ0v) is 7.43. The number of hydrogen-bond donors (Lipinski definition) is 0. The van der Waals surface area contributed by atoms with Crippen LogP contribution in [-0.2, 0) is 0 Å². The zero-order chi connectivity index (χ0) is 7.72. The molecule has 0 unspecified atom stereocenters. The molecule has 0 amide bonds. The van der Waals surface area contributed by atoms with Crippen molar-refractivity contribution in [3.63, 3.8) is 0 Å². The highest BCUT2D eigenvalue weighted by Gasteiger charge is 2.02. The highest BCUT2D eigenvalue weighted by Crippen LogP contribution is 2.24. The number of hydrogen-bond acceptors (Lipinski definition) is 1. The van der Waals surface area contributed by atoms with Crippen LogP contribution >= 0.6 is 34.8 Å². The molecule has 0 fully saturated rings. The molecule has 0 atom stereocenters. The van der Waals surface area contributed by atoms with Crippen LogP contribution in [0.25, 0.3) is 0 Å². The summed E-state index contributed by atoms with van der Waals surface area (Å²) in [5.74, 6) is 0. The second-order valence-corrected chi connectivity index (χ2v) is 3.00. The van der Waals surface area contributed by atoms with Crippen LogP contribution in [0.5, 0.6) is 0 Å². The van der Waals surface area contributed by atoms with E-state index in [2.05, 4.69) is 4.98 Å². The topological polar surface area (TPSA) is 12.9 Å². The van der Waals surface area contributed by atoms with Gasteiger partial charge in [0.1, 0.15) is 10.3 Å². The Balaban J connectivity index is 3.31. The fourth-order valence-corrected chi connectivity index (χ4v) is 1.25. The van der Waals surface area contributed by atoms with Crippen molar-refractivity contribution in [3.05, 3.63) is 27.0 Å². The molecule has 0 aliphatic rings. The average Bonchev–Trinajstić information content (AvgIpc) is 1.82. The van der Waals surface area contributed by atoms with E-state index in [1.165, 1.54) is 0 Å². The van der Waals surface area contributed by atoms with Gasteiger partial charge < -0.3 is 0 Å². The first-order chi connectivity index (χ1) is 4.61. The van der Waals surface area contributed by atoms with Crippen molar-refractivity contribution in [2.24, 2.45) is 0 Å². The average molecular weight is 196 g/mol. The molecule has 0 saturated carbocycles. The lowest BCUT2D eigenvalue weighted by Crippen LogP contribution is -1.82. The second-order valence-electron chi connectivity index (χ2n) is 1.84. The van der Waals surface area contributed by atoms with Crippen LogP contribution in [0.1, 0.15) is 5.56 Å². The summed E-state index contributed by atoms with van der Waals surface area (Å²) in [6.07, 6.45) is 0. The Morgan fingerprint density at radius 1 is 1.30 bits per heavy atom. The molecule has 0 N–H and O–H groups in total. The minimum Gasteiger partial charge on any atom is -0.224 e. The van der Waals surface area contributed by atoms with E-state index in [1.54, 1.807) is 13.0 Å². The van der Waals surface area contributed by atoms with Crippen molar-refractivity contribution in [2.45, 2.75) is 6.92 Å². The third-order valence-corrected chi connectivity index (χ3v) is 2.07. The normalized spacial score (nSPS) is 10.0. The Kier molecular flexibility index (Phi) is 2.40. The minimum absolute atomic E-state index is 0.320. The summed E-state index contributed by atoms with van der Waals surface area (Å²) in [5.41, 5.74) is 0.757. The molecule has 1 nitrogen and oxygen atoms in total. The lowest BCUT2D eigenvalue weighted by Gasteiger charge is -1.98. The van der Waals surface area contributed by atoms with Crippen molar-refractivity contribution in [1.29, 1.82) is 0 Å². The molecular weight excluding hydrogens is 192 g/mol. The molecule has 0 aliphatic heterocycles. The number of aromatic nitrogens is 1. The smallest absolute Gasteiger partial charge is 0.135 e. The molecule has 0 aliphatic carbocycles. The van der Waals surface area contributed by atoms with Crippen LogP contribution in [-0.4, -0.2) is 4.98 Å². The molecule has 54 valence electrons. The van der Waals surface area contributed by atoms with Gasteiger partial charge in [-0.1, -0.05) is 34.8 Å². The second kappa shape index (κ2) is 2.95. The molecule has 0 saturated heterocycles. The van der Waals surface area contributed by atoms with Crippen LogP contribution in [0, 0.1) is 6.92 Å². The van der Waals surface area contributed by atoms with Crippen LogP contribution < -0.4 is 0 Å². The SMILES string of the molecule is Cc1c(Cl)cc(Cl)nc1Cl. The fourth-order valence-electron chi connectivity index (χ4n) is 0.521. The molecule has 1 aromatic heterocycles. The minimum atomic E-state index is 0.320. The molecule has 10 heavy (non-hydrogen) atoms. The largest absolute Gasteiger partial charge is 0.224 e. The monoisotopic (exact) mass is 195 g/mol. The number of nitrogens with zero attached hydrogens (tertiary/aromatic N) is 1. The van der Waals surface area contributed by atoms with E-state index in [-0.39, 0.29) is 0 Å². The van der Waals surface area contributed by atoms with E-state index in [0.717, 1.165) is 5.56 Å². The molecule has 0 spiro atoms. The maximum absolute atomic E-state index is 5.71. The lowest BCUT2D eigenvalue weighted by atomic mass is 10.3. The van der Waals surface area contributed by atoms with Gasteiger partial charge in [-0.15, -0.1) is 0 Å². The molecule has 1 heterocycles. The Bertz CT molecular complexity index is 236. The summed E-state index contributed by atoms with van der Waals surface area (Å²) >= 11 is 16.9. The molecule has 1 aromatic rings. The first-order valence-corrected chi connectivity index (χ1v) is 3.73. The summed E-state index contributed by atoms with van der Waals surface area (Å²) in [7, 11) is 0. The van der Waals surface area contributed by atoms with E-state index in [1.807, 2.05) is 0 Å². The number of halogens is 3. The van der Waals surface area contributed by atoms with Crippen LogP contribution in [0.15, 0.2) is 6.07 Å². The zero-order valence-electron chi connectivity index (χ0n) is 5.16. The van der Waals surface area contributed by atoms with Gasteiger partial charge in [-0.25, -0.2) is 4.98 Å². The van der Waals surface area contributed by atoms with Crippen LogP contribution in [0.4, 0.5) is 0 Å². The Labute approximate surface area is 73.9 Å². The van der Waals surface area contributed by atoms with Gasteiger partial charge in [-0.2, -0.15) is 0 Å². The Morgan fingerprint density at radius 3 is 2.40 bits per heavy atom. The predicted octanol–water partition coefficient (Wildman–Crippen LogP) is 3.35. The molecule has 1 rings (SSSR count). The Morgan fingerprint density at radius 2 is 1.90 bits per heavy atom. The quantitative estimate of drug-likeness (QED) is 0.580. The number of rotatable bonds is 0. The first-order valence-electron chi connectivity index (χ1n) is 2.59. The van der Waals surface area contributed by atoms with E-state index < -0.39 is 0 Å². The molecular formula is C6H4Cl3N. The van der Waals surface area contributed by atoms with Crippen LogP contribution in [0.2, 0.25) is 15.3 Å². The van der Waals surface area contributed by atoms with E-state index in [9.17, 15) is 0 Å². The third-order valence-electron chi connectivity index (χ3n) is 1.12. The third kappa shape index (κ3) is 1.54. The van der Waals surface area contributed by atoms with Gasteiger partial charge in [0, 0.05) is 10.6 Å². The van der Waals surface area contributed by atoms with Crippen LogP contribution in [0.3, 0.4) is 0 Å². The highest BCUT2D eigenvalue weighted by atomic mass is 35.5. The lowest BCUT2D eigenvalue weighted by molar-refractivity contribution is 1.27. The van der Waals surface area contributed by atoms with E-state index in [4.69, 9.17) is 34.8 Å². The van der Waals surface area contributed by atoms with E-state index >= 15 is 0 Å². The van der Waals surface area contributed by atoms with Crippen molar-refractivity contribution >= 4 is 34.8 Å². The number of pyridine rings is 1. The highest BCUT2D eigenvalue weighted by molar-refractivity contribution is 6.37. The van der Waals surface area contributed by atoms with Crippen molar-refractivity contribution in [2.75, 3.05) is 0 Å². The van der Waals surface area contributed by atoms with Gasteiger partial charge in [0.15, 0.2) is 0 Å². The van der Waals surface area contributed by atoms with Gasteiger partial charge in [0.2, 0.25) is 0 Å². The standard InChI is InChI=1S/C6H4Cl3N/c1-3-4(7)2-5(8)10-6(3)9/h2H,1H3. The maximum atomic E-state index is 5.71. The van der Waals surface area contributed by atoms with Gasteiger partial charge in [-0.05, 0) is 13.0 Å². The molecule has 0 bridgehead atoms. The van der Waals surface area contributed by atoms with Crippen molar-refractivity contribution < 1.29 is 0 Å². The fraction of sp³-hybridized carbons (Fsp3) is 0.167. The van der Waals surface area contributed by atoms with E-state index in [0.29, 0.717) is 15.3 Å².